The minimum atomic E-state index is -0.144. The minimum Gasteiger partial charge on any atom is -0.486 e. The molecule has 0 N–H and O–H groups in total. The van der Waals surface area contributed by atoms with Crippen LogP contribution in [0.25, 0.3) is 6.08 Å². The Hall–Kier alpha value is -3.52. The lowest BCUT2D eigenvalue weighted by Crippen LogP contribution is -2.51. The van der Waals surface area contributed by atoms with Crippen LogP contribution in [0.3, 0.4) is 0 Å². The van der Waals surface area contributed by atoms with Crippen molar-refractivity contribution in [3.05, 3.63) is 60.2 Å². The van der Waals surface area contributed by atoms with Gasteiger partial charge in [-0.05, 0) is 17.7 Å². The zero-order valence-corrected chi connectivity index (χ0v) is 19.3. The molecule has 0 saturated carbocycles. The van der Waals surface area contributed by atoms with Crippen molar-refractivity contribution >= 4 is 23.7 Å². The second kappa shape index (κ2) is 10.2. The van der Waals surface area contributed by atoms with Crippen LogP contribution in [0.5, 0.6) is 11.5 Å². The van der Waals surface area contributed by atoms with Crippen molar-refractivity contribution in [3.63, 3.8) is 0 Å². The van der Waals surface area contributed by atoms with Gasteiger partial charge < -0.3 is 19.3 Å². The predicted octanol–water partition coefficient (Wildman–Crippen LogP) is 2.56. The second-order valence-corrected chi connectivity index (χ2v) is 8.68. The molecular weight excluding hydrogens is 432 g/mol. The first-order valence-electron chi connectivity index (χ1n) is 11.9. The highest BCUT2D eigenvalue weighted by Crippen LogP contribution is 2.35. The van der Waals surface area contributed by atoms with Crippen molar-refractivity contribution < 1.29 is 19.1 Å². The molecule has 34 heavy (non-hydrogen) atoms. The van der Waals surface area contributed by atoms with Gasteiger partial charge in [-0.3, -0.25) is 14.6 Å². The maximum absolute atomic E-state index is 13.0. The summed E-state index contributed by atoms with van der Waals surface area (Å²) >= 11 is 0. The van der Waals surface area contributed by atoms with Gasteiger partial charge in [-0.2, -0.15) is 0 Å². The van der Waals surface area contributed by atoms with E-state index in [0.717, 1.165) is 25.3 Å². The summed E-state index contributed by atoms with van der Waals surface area (Å²) in [5.74, 6) is 1.36. The van der Waals surface area contributed by atoms with Crippen LogP contribution in [0.4, 0.5) is 10.5 Å². The van der Waals surface area contributed by atoms with E-state index in [-0.39, 0.29) is 18.5 Å². The lowest BCUT2D eigenvalue weighted by atomic mass is 10.2. The highest BCUT2D eigenvalue weighted by molar-refractivity contribution is 5.96. The summed E-state index contributed by atoms with van der Waals surface area (Å²) < 4.78 is 11.2. The van der Waals surface area contributed by atoms with E-state index in [0.29, 0.717) is 50.9 Å². The molecule has 0 aliphatic carbocycles. The van der Waals surface area contributed by atoms with E-state index in [1.165, 1.54) is 5.56 Å². The van der Waals surface area contributed by atoms with Gasteiger partial charge >= 0.3 is 6.03 Å². The molecule has 0 bridgehead atoms. The number of nitrogens with zero attached hydrogens (tertiary/aromatic N) is 4. The first kappa shape index (κ1) is 22.3. The monoisotopic (exact) mass is 462 g/mol. The summed E-state index contributed by atoms with van der Waals surface area (Å²) in [6.07, 6.45) is 4.30. The van der Waals surface area contributed by atoms with Crippen LogP contribution in [0.1, 0.15) is 5.56 Å². The average molecular weight is 463 g/mol. The number of urea groups is 1. The lowest BCUT2D eigenvalue weighted by Gasteiger charge is -2.35. The van der Waals surface area contributed by atoms with Crippen LogP contribution in [-0.4, -0.2) is 92.2 Å². The van der Waals surface area contributed by atoms with Crippen LogP contribution in [-0.2, 0) is 4.79 Å². The minimum absolute atomic E-state index is 0.0110. The normalized spacial score (nSPS) is 18.7. The second-order valence-electron chi connectivity index (χ2n) is 8.68. The van der Waals surface area contributed by atoms with Crippen LogP contribution in [0.15, 0.2) is 54.6 Å². The number of fused-ring (bicyclic) bond motifs is 1. The van der Waals surface area contributed by atoms with Gasteiger partial charge in [-0.25, -0.2) is 4.79 Å². The number of rotatable bonds is 6. The van der Waals surface area contributed by atoms with Crippen molar-refractivity contribution in [1.82, 2.24) is 14.7 Å². The number of hydrogen-bond donors (Lipinski definition) is 0. The number of hydrogen-bond acceptors (Lipinski definition) is 5. The summed E-state index contributed by atoms with van der Waals surface area (Å²) in [4.78, 5) is 33.4. The molecule has 3 amide bonds. The zero-order chi connectivity index (χ0) is 23.3. The first-order valence-corrected chi connectivity index (χ1v) is 11.9. The Morgan fingerprint density at radius 3 is 2.44 bits per heavy atom. The number of amides is 3. The first-order chi connectivity index (χ1) is 16.7. The summed E-state index contributed by atoms with van der Waals surface area (Å²) in [5.41, 5.74) is 1.96. The zero-order valence-electron chi connectivity index (χ0n) is 19.3. The predicted molar refractivity (Wildman–Crippen MR) is 130 cm³/mol. The van der Waals surface area contributed by atoms with Crippen molar-refractivity contribution in [1.29, 1.82) is 0 Å². The molecule has 2 aromatic carbocycles. The molecule has 0 unspecified atom stereocenters. The van der Waals surface area contributed by atoms with Gasteiger partial charge in [0.2, 0.25) is 5.91 Å². The quantitative estimate of drug-likeness (QED) is 0.660. The van der Waals surface area contributed by atoms with Gasteiger partial charge in [-0.15, -0.1) is 0 Å². The Morgan fingerprint density at radius 1 is 0.882 bits per heavy atom. The molecule has 2 saturated heterocycles. The standard InChI is InChI=1S/C26H30N4O4/c31-25(28-13-11-27(12-14-28)10-4-7-21-5-2-1-3-6-21)20-29-15-16-30(26(29)32)22-8-9-23-24(19-22)34-18-17-33-23/h1-9,19H,10-18,20H2/b7-4+. The molecule has 3 aliphatic rings. The third kappa shape index (κ3) is 5.02. The molecule has 3 aliphatic heterocycles. The molecule has 178 valence electrons. The van der Waals surface area contributed by atoms with Gasteiger partial charge in [0.25, 0.3) is 0 Å². The number of ether oxygens (including phenoxy) is 2. The molecule has 5 rings (SSSR count). The van der Waals surface area contributed by atoms with E-state index in [4.69, 9.17) is 9.47 Å². The van der Waals surface area contributed by atoms with Crippen molar-refractivity contribution in [2.24, 2.45) is 0 Å². The average Bonchev–Trinajstić information content (AvgIpc) is 3.24. The summed E-state index contributed by atoms with van der Waals surface area (Å²) in [7, 11) is 0. The Kier molecular flexibility index (Phi) is 6.67. The van der Waals surface area contributed by atoms with Gasteiger partial charge in [0, 0.05) is 57.6 Å². The van der Waals surface area contributed by atoms with Crippen molar-refractivity contribution in [2.75, 3.05) is 70.5 Å². The third-order valence-electron chi connectivity index (χ3n) is 6.46. The van der Waals surface area contributed by atoms with E-state index >= 15 is 0 Å². The Bertz CT molecular complexity index is 1050. The molecule has 8 heteroatoms. The highest BCUT2D eigenvalue weighted by atomic mass is 16.6. The van der Waals surface area contributed by atoms with Gasteiger partial charge in [0.15, 0.2) is 11.5 Å². The van der Waals surface area contributed by atoms with E-state index in [1.807, 2.05) is 41.3 Å². The van der Waals surface area contributed by atoms with Crippen LogP contribution < -0.4 is 14.4 Å². The fourth-order valence-corrected chi connectivity index (χ4v) is 4.51. The molecule has 0 spiro atoms. The Morgan fingerprint density at radius 2 is 1.65 bits per heavy atom. The van der Waals surface area contributed by atoms with Crippen LogP contribution in [0, 0.1) is 0 Å². The summed E-state index contributed by atoms with van der Waals surface area (Å²) in [5, 5.41) is 0. The highest BCUT2D eigenvalue weighted by Gasteiger charge is 2.33. The topological polar surface area (TPSA) is 65.6 Å². The van der Waals surface area contributed by atoms with Gasteiger partial charge in [0.1, 0.15) is 19.8 Å². The number of anilines is 1. The van der Waals surface area contributed by atoms with Crippen LogP contribution >= 0.6 is 0 Å². The Labute approximate surface area is 199 Å². The Balaban J connectivity index is 1.09. The molecule has 3 heterocycles. The van der Waals surface area contributed by atoms with Crippen LogP contribution in [0.2, 0.25) is 0 Å². The molecule has 8 nitrogen and oxygen atoms in total. The van der Waals surface area contributed by atoms with Crippen molar-refractivity contribution in [3.8, 4) is 11.5 Å². The lowest BCUT2D eigenvalue weighted by molar-refractivity contribution is -0.133. The number of carbonyl (C=O) groups is 2. The molecule has 2 fully saturated rings. The third-order valence-corrected chi connectivity index (χ3v) is 6.46. The number of piperazine rings is 1. The summed E-state index contributed by atoms with van der Waals surface area (Å²) in [6.45, 7) is 6.14. The molecule has 0 atom stereocenters. The van der Waals surface area contributed by atoms with Gasteiger partial charge in [-0.1, -0.05) is 42.5 Å². The fourth-order valence-electron chi connectivity index (χ4n) is 4.51. The number of benzene rings is 2. The van der Waals surface area contributed by atoms with E-state index in [1.54, 1.807) is 9.80 Å². The number of carbonyl (C=O) groups excluding carboxylic acids is 2. The maximum Gasteiger partial charge on any atom is 0.325 e. The smallest absolute Gasteiger partial charge is 0.325 e. The SMILES string of the molecule is O=C(CN1CCN(c2ccc3c(c2)OCCO3)C1=O)N1CCN(C/C=C/c2ccccc2)CC1. The summed E-state index contributed by atoms with van der Waals surface area (Å²) in [6, 6.07) is 15.6. The maximum atomic E-state index is 13.0. The molecule has 0 radical (unpaired) electrons. The van der Waals surface area contributed by atoms with E-state index in [9.17, 15) is 9.59 Å². The fraction of sp³-hybridized carbons (Fsp3) is 0.385. The molecular formula is C26H30N4O4. The molecule has 2 aromatic rings. The van der Waals surface area contributed by atoms with E-state index < -0.39 is 0 Å². The largest absolute Gasteiger partial charge is 0.486 e. The van der Waals surface area contributed by atoms with E-state index in [2.05, 4.69) is 29.2 Å². The molecule has 0 aromatic heterocycles. The van der Waals surface area contributed by atoms with Crippen molar-refractivity contribution in [2.45, 2.75) is 0 Å². The van der Waals surface area contributed by atoms with Gasteiger partial charge in [0.05, 0.1) is 0 Å².